The fraction of sp³-hybridized carbons (Fsp3) is 0.905. The van der Waals surface area contributed by atoms with Crippen LogP contribution in [0.15, 0.2) is 24.3 Å². The molecule has 11 nitrogen and oxygen atoms in total. The minimum atomic E-state index is -1.57. The fourth-order valence-electron chi connectivity index (χ4n) is 10.0. The monoisotopic (exact) mass is 1050 g/mol. The number of nitrogens with one attached hydrogen (secondary N) is 1. The van der Waals surface area contributed by atoms with Gasteiger partial charge in [-0.15, -0.1) is 0 Å². The Hall–Kier alpha value is -1.86. The van der Waals surface area contributed by atoms with E-state index >= 15 is 0 Å². The first-order chi connectivity index (χ1) is 36.2. The highest BCUT2D eigenvalue weighted by Gasteiger charge is 2.44. The van der Waals surface area contributed by atoms with E-state index in [4.69, 9.17) is 14.2 Å². The number of hydrogen-bond donors (Lipinski definition) is 6. The molecule has 7 atom stereocenters. The normalized spacial score (nSPS) is 18.9. The Morgan fingerprint density at radius 3 is 1.30 bits per heavy atom. The fourth-order valence-corrected chi connectivity index (χ4v) is 10.0. The Balaban J connectivity index is 1.98. The number of aliphatic hydroxyl groups is 5. The van der Waals surface area contributed by atoms with Gasteiger partial charge in [0.2, 0.25) is 5.91 Å². The molecular weight excluding hydrogens is 931 g/mol. The number of carbonyl (C=O) groups is 2. The van der Waals surface area contributed by atoms with E-state index in [0.717, 1.165) is 57.8 Å². The minimum Gasteiger partial charge on any atom is -0.466 e. The number of allylic oxidation sites excluding steroid dienone is 3. The topological polar surface area (TPSA) is 175 Å². The molecule has 1 amide bonds. The Morgan fingerprint density at radius 2 is 0.865 bits per heavy atom. The van der Waals surface area contributed by atoms with Crippen molar-refractivity contribution in [1.29, 1.82) is 0 Å². The molecule has 1 fully saturated rings. The first-order valence-electron chi connectivity index (χ1n) is 31.6. The number of rotatable bonds is 55. The van der Waals surface area contributed by atoms with Crippen LogP contribution in [0.25, 0.3) is 0 Å². The summed E-state index contributed by atoms with van der Waals surface area (Å²) in [4.78, 5) is 25.0. The summed E-state index contributed by atoms with van der Waals surface area (Å²) < 4.78 is 16.7. The minimum absolute atomic E-state index is 0.00403. The highest BCUT2D eigenvalue weighted by Crippen LogP contribution is 2.23. The average molecular weight is 1050 g/mol. The lowest BCUT2D eigenvalue weighted by Crippen LogP contribution is -2.60. The van der Waals surface area contributed by atoms with Crippen LogP contribution in [0.4, 0.5) is 0 Å². The lowest BCUT2D eigenvalue weighted by molar-refractivity contribution is -0.302. The average Bonchev–Trinajstić information content (AvgIpc) is 3.40. The third-order valence-electron chi connectivity index (χ3n) is 15.1. The molecule has 1 aliphatic rings. The molecule has 1 rings (SSSR count). The van der Waals surface area contributed by atoms with Crippen LogP contribution in [-0.4, -0.2) is 100 Å². The largest absolute Gasteiger partial charge is 0.466 e. The maximum Gasteiger partial charge on any atom is 0.305 e. The van der Waals surface area contributed by atoms with Crippen molar-refractivity contribution in [1.82, 2.24) is 5.32 Å². The van der Waals surface area contributed by atoms with Gasteiger partial charge in [0.05, 0.1) is 32.0 Å². The summed E-state index contributed by atoms with van der Waals surface area (Å²) in [5.74, 6) is -0.181. The molecule has 0 aromatic rings. The molecule has 0 aromatic heterocycles. The van der Waals surface area contributed by atoms with Crippen LogP contribution in [0.2, 0.25) is 0 Å². The van der Waals surface area contributed by atoms with Crippen LogP contribution in [0.5, 0.6) is 0 Å². The van der Waals surface area contributed by atoms with Crippen LogP contribution in [0.3, 0.4) is 0 Å². The lowest BCUT2D eigenvalue weighted by Gasteiger charge is -2.40. The van der Waals surface area contributed by atoms with Gasteiger partial charge >= 0.3 is 5.97 Å². The van der Waals surface area contributed by atoms with Crippen molar-refractivity contribution in [2.24, 2.45) is 0 Å². The molecule has 1 heterocycles. The molecule has 436 valence electrons. The van der Waals surface area contributed by atoms with E-state index in [2.05, 4.69) is 31.3 Å². The summed E-state index contributed by atoms with van der Waals surface area (Å²) in [6.45, 7) is 4.33. The van der Waals surface area contributed by atoms with E-state index in [-0.39, 0.29) is 18.5 Å². The molecule has 0 saturated carbocycles. The molecule has 7 unspecified atom stereocenters. The van der Waals surface area contributed by atoms with Gasteiger partial charge in [0, 0.05) is 12.8 Å². The lowest BCUT2D eigenvalue weighted by atomic mass is 9.99. The Kier molecular flexibility index (Phi) is 50.4. The molecule has 0 aliphatic carbocycles. The number of carbonyl (C=O) groups excluding carboxylic acids is 2. The van der Waals surface area contributed by atoms with E-state index in [1.807, 2.05) is 6.08 Å². The standard InChI is InChI=1S/C63H119NO10/c1-3-5-7-9-11-13-30-35-39-43-47-51-59(68)72-52-48-44-40-36-32-29-27-25-23-21-19-17-15-14-16-18-20-22-24-26-28-31-34-38-42-46-50-58(67)64-55(56(66)49-45-41-37-33-12-10-8-6-4-2)54-73-63-62(71)61(70)60(69)57(53-65)74-63/h14,16,45,49,55-57,60-63,65-66,69-71H,3-13,15,17-44,46-48,50-54H2,1-2H3,(H,64,67)/b16-14-,49-45+. The van der Waals surface area contributed by atoms with E-state index in [1.54, 1.807) is 6.08 Å². The molecule has 1 saturated heterocycles. The van der Waals surface area contributed by atoms with E-state index in [0.29, 0.717) is 19.4 Å². The van der Waals surface area contributed by atoms with E-state index in [1.165, 1.54) is 218 Å². The van der Waals surface area contributed by atoms with Gasteiger partial charge in [-0.2, -0.15) is 0 Å². The number of hydrogen-bond acceptors (Lipinski definition) is 10. The molecule has 0 radical (unpaired) electrons. The molecule has 0 spiro atoms. The third-order valence-corrected chi connectivity index (χ3v) is 15.1. The number of aliphatic hydroxyl groups excluding tert-OH is 5. The van der Waals surface area contributed by atoms with Gasteiger partial charge in [-0.3, -0.25) is 9.59 Å². The van der Waals surface area contributed by atoms with Crippen LogP contribution in [0, 0.1) is 0 Å². The maximum absolute atomic E-state index is 13.0. The van der Waals surface area contributed by atoms with Gasteiger partial charge in [0.1, 0.15) is 24.4 Å². The number of esters is 1. The zero-order valence-electron chi connectivity index (χ0n) is 48.1. The Labute approximate surface area is 454 Å². The number of amides is 1. The van der Waals surface area contributed by atoms with E-state index in [9.17, 15) is 35.1 Å². The van der Waals surface area contributed by atoms with Crippen LogP contribution >= 0.6 is 0 Å². The summed E-state index contributed by atoms with van der Waals surface area (Å²) in [5, 5.41) is 54.2. The van der Waals surface area contributed by atoms with Crippen molar-refractivity contribution in [2.75, 3.05) is 19.8 Å². The molecule has 0 aromatic carbocycles. The van der Waals surface area contributed by atoms with Crippen molar-refractivity contribution >= 4 is 11.9 Å². The Bertz CT molecular complexity index is 1280. The van der Waals surface area contributed by atoms with Gasteiger partial charge in [-0.25, -0.2) is 0 Å². The molecule has 11 heteroatoms. The molecule has 0 bridgehead atoms. The second-order valence-corrected chi connectivity index (χ2v) is 22.1. The quantitative estimate of drug-likeness (QED) is 0.0195. The zero-order valence-corrected chi connectivity index (χ0v) is 48.1. The first kappa shape index (κ1) is 70.2. The molecule has 74 heavy (non-hydrogen) atoms. The van der Waals surface area contributed by atoms with Crippen molar-refractivity contribution in [3.05, 3.63) is 24.3 Å². The number of unbranched alkanes of at least 4 members (excludes halogenated alkanes) is 39. The van der Waals surface area contributed by atoms with Crippen molar-refractivity contribution in [3.8, 4) is 0 Å². The van der Waals surface area contributed by atoms with Crippen LogP contribution < -0.4 is 5.32 Å². The van der Waals surface area contributed by atoms with Crippen molar-refractivity contribution < 1.29 is 49.3 Å². The second kappa shape index (κ2) is 53.2. The van der Waals surface area contributed by atoms with Gasteiger partial charge in [-0.1, -0.05) is 256 Å². The summed E-state index contributed by atoms with van der Waals surface area (Å²) in [7, 11) is 0. The van der Waals surface area contributed by atoms with Gasteiger partial charge < -0.3 is 45.1 Å². The smallest absolute Gasteiger partial charge is 0.305 e. The third kappa shape index (κ3) is 42.2. The molecular formula is C63H119NO10. The van der Waals surface area contributed by atoms with E-state index < -0.39 is 49.5 Å². The van der Waals surface area contributed by atoms with Gasteiger partial charge in [0.15, 0.2) is 6.29 Å². The van der Waals surface area contributed by atoms with Crippen LogP contribution in [0.1, 0.15) is 303 Å². The van der Waals surface area contributed by atoms with Crippen molar-refractivity contribution in [2.45, 2.75) is 346 Å². The van der Waals surface area contributed by atoms with Gasteiger partial charge in [0.25, 0.3) is 0 Å². The highest BCUT2D eigenvalue weighted by molar-refractivity contribution is 5.76. The summed E-state index contributed by atoms with van der Waals surface area (Å²) in [6.07, 6.45) is 54.4. The van der Waals surface area contributed by atoms with Gasteiger partial charge in [-0.05, 0) is 57.8 Å². The van der Waals surface area contributed by atoms with Crippen molar-refractivity contribution in [3.63, 3.8) is 0 Å². The predicted octanol–water partition coefficient (Wildman–Crippen LogP) is 14.9. The predicted molar refractivity (Wildman–Crippen MR) is 306 cm³/mol. The zero-order chi connectivity index (χ0) is 53.8. The highest BCUT2D eigenvalue weighted by atomic mass is 16.7. The Morgan fingerprint density at radius 1 is 0.486 bits per heavy atom. The number of ether oxygens (including phenoxy) is 3. The second-order valence-electron chi connectivity index (χ2n) is 22.1. The molecule has 6 N–H and O–H groups in total. The maximum atomic E-state index is 13.0. The summed E-state index contributed by atoms with van der Waals surface area (Å²) in [6, 6.07) is -0.809. The summed E-state index contributed by atoms with van der Waals surface area (Å²) in [5.41, 5.74) is 0. The van der Waals surface area contributed by atoms with Crippen LogP contribution in [-0.2, 0) is 23.8 Å². The summed E-state index contributed by atoms with van der Waals surface area (Å²) >= 11 is 0. The first-order valence-corrected chi connectivity index (χ1v) is 31.6. The SMILES string of the molecule is CCCCCCCCC/C=C/C(O)C(COC1OC(CO)C(O)C(O)C1O)NC(=O)CCCCCCCCCCCC/C=C\CCCCCCCCCCCCCCOC(=O)CCCCCCCCCCCCC. The molecule has 1 aliphatic heterocycles.